The molecule has 0 radical (unpaired) electrons. The third-order valence-corrected chi connectivity index (χ3v) is 2.86. The van der Waals surface area contributed by atoms with Gasteiger partial charge in [-0.25, -0.2) is 0 Å². The minimum atomic E-state index is -1.15. The van der Waals surface area contributed by atoms with E-state index in [4.69, 9.17) is 4.42 Å². The summed E-state index contributed by atoms with van der Waals surface area (Å²) in [5.41, 5.74) is 0. The van der Waals surface area contributed by atoms with Gasteiger partial charge in [0.1, 0.15) is 17.8 Å². The van der Waals surface area contributed by atoms with E-state index in [0.29, 0.717) is 17.8 Å². The van der Waals surface area contributed by atoms with Gasteiger partial charge in [0.05, 0.1) is 18.1 Å². The van der Waals surface area contributed by atoms with Crippen molar-refractivity contribution in [3.63, 3.8) is 0 Å². The van der Waals surface area contributed by atoms with Crippen LogP contribution in [0.3, 0.4) is 0 Å². The largest absolute Gasteiger partial charge is 0.464 e. The predicted molar refractivity (Wildman–Crippen MR) is 58.9 cm³/mol. The number of hydrogen-bond acceptors (Lipinski definition) is 4. The second kappa shape index (κ2) is 5.82. The first-order chi connectivity index (χ1) is 7.11. The molecule has 0 fully saturated rings. The lowest BCUT2D eigenvalue weighted by atomic mass is 10.4. The molecule has 1 aromatic rings. The zero-order chi connectivity index (χ0) is 11.3. The van der Waals surface area contributed by atoms with Gasteiger partial charge in [-0.1, -0.05) is 0 Å². The Morgan fingerprint density at radius 3 is 2.67 bits per heavy atom. The second-order valence-corrected chi connectivity index (χ2v) is 5.02. The molecular formula is C10H15NO3S. The zero-order valence-corrected chi connectivity index (χ0v) is 9.75. The summed E-state index contributed by atoms with van der Waals surface area (Å²) in [6, 6.07) is 3.68. The number of carbonyl (C=O) groups excluding carboxylic acids is 1. The van der Waals surface area contributed by atoms with Crippen LogP contribution in [0.4, 0.5) is 0 Å². The summed E-state index contributed by atoms with van der Waals surface area (Å²) < 4.78 is 16.7. The van der Waals surface area contributed by atoms with Crippen molar-refractivity contribution in [2.24, 2.45) is 0 Å². The lowest BCUT2D eigenvalue weighted by molar-refractivity contribution is -0.105. The van der Waals surface area contributed by atoms with Crippen LogP contribution in [0, 0.1) is 0 Å². The maximum Gasteiger partial charge on any atom is 0.132 e. The highest BCUT2D eigenvalue weighted by Crippen LogP contribution is 2.11. The Morgan fingerprint density at radius 1 is 1.40 bits per heavy atom. The maximum absolute atomic E-state index is 11.3. The molecule has 0 aliphatic heterocycles. The molecule has 0 saturated heterocycles. The number of hydrogen-bond donors (Lipinski definition) is 0. The molecule has 1 unspecified atom stereocenters. The van der Waals surface area contributed by atoms with Gasteiger partial charge in [0.15, 0.2) is 0 Å². The van der Waals surface area contributed by atoms with Crippen molar-refractivity contribution in [1.29, 1.82) is 0 Å². The summed E-state index contributed by atoms with van der Waals surface area (Å²) in [4.78, 5) is 12.1. The second-order valence-electron chi connectivity index (χ2n) is 3.52. The topological polar surface area (TPSA) is 50.5 Å². The van der Waals surface area contributed by atoms with E-state index in [1.807, 2.05) is 31.1 Å². The van der Waals surface area contributed by atoms with Crippen molar-refractivity contribution in [2.75, 3.05) is 19.8 Å². The molecule has 5 heteroatoms. The molecule has 1 atom stereocenters. The van der Waals surface area contributed by atoms with E-state index in [0.717, 1.165) is 12.3 Å². The van der Waals surface area contributed by atoms with Gasteiger partial charge in [-0.2, -0.15) is 0 Å². The Kier molecular flexibility index (Phi) is 4.71. The predicted octanol–water partition coefficient (Wildman–Crippen LogP) is 0.789. The average molecular weight is 229 g/mol. The van der Waals surface area contributed by atoms with E-state index in [1.54, 1.807) is 0 Å². The highest BCUT2D eigenvalue weighted by atomic mass is 32.2. The molecular weight excluding hydrogens is 214 g/mol. The molecule has 84 valence electrons. The number of carbonyl (C=O) groups is 1. The summed E-state index contributed by atoms with van der Waals surface area (Å²) in [6.45, 7) is 0.723. The van der Waals surface area contributed by atoms with Gasteiger partial charge in [-0.15, -0.1) is 0 Å². The van der Waals surface area contributed by atoms with Gasteiger partial charge in [-0.3, -0.25) is 4.21 Å². The van der Waals surface area contributed by atoms with Crippen LogP contribution in [0.25, 0.3) is 0 Å². The number of furan rings is 1. The van der Waals surface area contributed by atoms with Crippen molar-refractivity contribution < 1.29 is 13.4 Å². The first kappa shape index (κ1) is 12.1. The summed E-state index contributed by atoms with van der Waals surface area (Å²) >= 11 is 0. The number of nitrogens with zero attached hydrogens (tertiary/aromatic N) is 1. The zero-order valence-electron chi connectivity index (χ0n) is 8.93. The van der Waals surface area contributed by atoms with Crippen LogP contribution < -0.4 is 0 Å². The fraction of sp³-hybridized carbons (Fsp3) is 0.500. The minimum absolute atomic E-state index is 0.0731. The van der Waals surface area contributed by atoms with Gasteiger partial charge in [0.2, 0.25) is 0 Å². The molecule has 0 amide bonds. The quantitative estimate of drug-likeness (QED) is 0.677. The van der Waals surface area contributed by atoms with Gasteiger partial charge < -0.3 is 14.1 Å². The molecule has 15 heavy (non-hydrogen) atoms. The maximum atomic E-state index is 11.3. The van der Waals surface area contributed by atoms with Crippen LogP contribution >= 0.6 is 0 Å². The van der Waals surface area contributed by atoms with Crippen molar-refractivity contribution in [3.8, 4) is 0 Å². The van der Waals surface area contributed by atoms with Crippen molar-refractivity contribution >= 4 is 17.1 Å². The van der Waals surface area contributed by atoms with Crippen LogP contribution in [0.5, 0.6) is 0 Å². The Balaban J connectivity index is 2.52. The summed E-state index contributed by atoms with van der Waals surface area (Å²) in [6.07, 6.45) is 0.666. The van der Waals surface area contributed by atoms with E-state index < -0.39 is 10.8 Å². The minimum Gasteiger partial charge on any atom is -0.464 e. The number of aldehydes is 1. The standard InChI is InChI=1S/C10H15NO3S/c1-11(2)7-9-3-4-10(14-9)8-15(13)6-5-12/h3-5H,6-8H2,1-2H3. The summed E-state index contributed by atoms with van der Waals surface area (Å²) in [7, 11) is 2.76. The first-order valence-corrected chi connectivity index (χ1v) is 6.11. The Labute approximate surface area is 91.7 Å². The van der Waals surface area contributed by atoms with Crippen molar-refractivity contribution in [1.82, 2.24) is 4.90 Å². The Morgan fingerprint density at radius 2 is 2.07 bits per heavy atom. The molecule has 0 aliphatic rings. The molecule has 1 aromatic heterocycles. The van der Waals surface area contributed by atoms with Crippen molar-refractivity contribution in [2.45, 2.75) is 12.3 Å². The lowest BCUT2D eigenvalue weighted by Gasteiger charge is -2.05. The van der Waals surface area contributed by atoms with E-state index in [1.165, 1.54) is 0 Å². The van der Waals surface area contributed by atoms with Gasteiger partial charge in [0.25, 0.3) is 0 Å². The normalized spacial score (nSPS) is 13.0. The lowest BCUT2D eigenvalue weighted by Crippen LogP contribution is -2.09. The molecule has 1 rings (SSSR count). The van der Waals surface area contributed by atoms with Gasteiger partial charge in [0, 0.05) is 10.8 Å². The summed E-state index contributed by atoms with van der Waals surface area (Å²) in [5, 5.41) is 0. The van der Waals surface area contributed by atoms with Crippen molar-refractivity contribution in [3.05, 3.63) is 23.7 Å². The SMILES string of the molecule is CN(C)Cc1ccc(CS(=O)CC=O)o1. The third-order valence-electron chi connectivity index (χ3n) is 1.75. The fourth-order valence-electron chi connectivity index (χ4n) is 1.19. The van der Waals surface area contributed by atoms with E-state index >= 15 is 0 Å². The van der Waals surface area contributed by atoms with Gasteiger partial charge in [-0.05, 0) is 26.2 Å². The van der Waals surface area contributed by atoms with E-state index in [9.17, 15) is 9.00 Å². The fourth-order valence-corrected chi connectivity index (χ4v) is 1.93. The monoisotopic (exact) mass is 229 g/mol. The first-order valence-electron chi connectivity index (χ1n) is 4.62. The molecule has 0 spiro atoms. The molecule has 1 heterocycles. The molecule has 0 saturated carbocycles. The van der Waals surface area contributed by atoms with E-state index in [-0.39, 0.29) is 5.75 Å². The molecule has 0 aromatic carbocycles. The highest BCUT2D eigenvalue weighted by molar-refractivity contribution is 7.84. The van der Waals surface area contributed by atoms with E-state index in [2.05, 4.69) is 0 Å². The van der Waals surface area contributed by atoms with Crippen LogP contribution in [-0.2, 0) is 27.9 Å². The molecule has 0 aliphatic carbocycles. The third kappa shape index (κ3) is 4.40. The summed E-state index contributed by atoms with van der Waals surface area (Å²) in [5.74, 6) is 1.90. The molecule has 0 bridgehead atoms. The van der Waals surface area contributed by atoms with Gasteiger partial charge >= 0.3 is 0 Å². The smallest absolute Gasteiger partial charge is 0.132 e. The number of rotatable bonds is 6. The van der Waals surface area contributed by atoms with Crippen LogP contribution in [0.1, 0.15) is 11.5 Å². The highest BCUT2D eigenvalue weighted by Gasteiger charge is 2.06. The molecule has 4 nitrogen and oxygen atoms in total. The average Bonchev–Trinajstić information content (AvgIpc) is 2.51. The Bertz CT molecular complexity index is 346. The van der Waals surface area contributed by atoms with Crippen LogP contribution in [-0.4, -0.2) is 35.2 Å². The van der Waals surface area contributed by atoms with Crippen LogP contribution in [0.2, 0.25) is 0 Å². The Hall–Kier alpha value is -0.940. The van der Waals surface area contributed by atoms with Crippen LogP contribution in [0.15, 0.2) is 16.5 Å². The molecule has 0 N–H and O–H groups in total.